The Morgan fingerprint density at radius 2 is 1.94 bits per heavy atom. The van der Waals surface area contributed by atoms with E-state index in [0.29, 0.717) is 17.1 Å². The van der Waals surface area contributed by atoms with Gasteiger partial charge in [-0.05, 0) is 44.0 Å². The second-order valence-electron chi connectivity index (χ2n) is 8.04. The van der Waals surface area contributed by atoms with Gasteiger partial charge in [0, 0.05) is 11.6 Å². The number of alkyl halides is 1. The Hall–Kier alpha value is -2.39. The number of nitrogens with zero attached hydrogens (tertiary/aromatic N) is 1. The number of halogens is 1. The van der Waals surface area contributed by atoms with Gasteiger partial charge in [0.1, 0.15) is 35.1 Å². The molecule has 2 amide bonds. The molecule has 2 unspecified atom stereocenters. The number of ether oxygens (including phenoxy) is 3. The lowest BCUT2D eigenvalue weighted by atomic mass is 10.0. The molecule has 0 bridgehead atoms. The lowest BCUT2D eigenvalue weighted by Gasteiger charge is -2.49. The first-order valence-electron chi connectivity index (χ1n) is 9.67. The van der Waals surface area contributed by atoms with Crippen molar-refractivity contribution < 1.29 is 28.6 Å². The molecule has 0 spiro atoms. The molecule has 8 nitrogen and oxygen atoms in total. The highest BCUT2D eigenvalue weighted by molar-refractivity contribution is 8.00. The summed E-state index contributed by atoms with van der Waals surface area (Å²) in [4.78, 5) is 39.0. The number of amides is 2. The Balaban J connectivity index is 1.68. The van der Waals surface area contributed by atoms with Crippen LogP contribution in [0.25, 0.3) is 0 Å². The van der Waals surface area contributed by atoms with Gasteiger partial charge >= 0.3 is 12.1 Å². The maximum absolute atomic E-state index is 12.8. The van der Waals surface area contributed by atoms with E-state index < -0.39 is 35.0 Å². The molecule has 2 heterocycles. The van der Waals surface area contributed by atoms with Crippen LogP contribution in [0.15, 0.2) is 35.5 Å². The maximum Gasteiger partial charge on any atom is 0.408 e. The van der Waals surface area contributed by atoms with Crippen LogP contribution in [-0.4, -0.2) is 58.6 Å². The smallest absolute Gasteiger partial charge is 0.408 e. The van der Waals surface area contributed by atoms with Gasteiger partial charge in [-0.2, -0.15) is 0 Å². The predicted octanol–water partition coefficient (Wildman–Crippen LogP) is 3.04. The quantitative estimate of drug-likeness (QED) is 0.389. The molecule has 168 valence electrons. The highest BCUT2D eigenvalue weighted by Gasteiger charge is 2.54. The van der Waals surface area contributed by atoms with Crippen LogP contribution < -0.4 is 10.1 Å². The summed E-state index contributed by atoms with van der Waals surface area (Å²) in [6.45, 7) is 5.26. The van der Waals surface area contributed by atoms with Crippen LogP contribution in [-0.2, 0) is 25.7 Å². The third-order valence-corrected chi connectivity index (χ3v) is 6.27. The van der Waals surface area contributed by atoms with Crippen molar-refractivity contribution in [2.24, 2.45) is 0 Å². The predicted molar refractivity (Wildman–Crippen MR) is 117 cm³/mol. The summed E-state index contributed by atoms with van der Waals surface area (Å²) in [5.74, 6) is 0.227. The summed E-state index contributed by atoms with van der Waals surface area (Å²) >= 11 is 7.46. The van der Waals surface area contributed by atoms with Crippen LogP contribution in [0.5, 0.6) is 5.75 Å². The largest absolute Gasteiger partial charge is 0.497 e. The average Bonchev–Trinajstić information content (AvgIpc) is 2.73. The van der Waals surface area contributed by atoms with Crippen molar-refractivity contribution in [3.63, 3.8) is 0 Å². The maximum atomic E-state index is 12.8. The van der Waals surface area contributed by atoms with Gasteiger partial charge in [-0.1, -0.05) is 12.1 Å². The Morgan fingerprint density at radius 3 is 2.52 bits per heavy atom. The van der Waals surface area contributed by atoms with Gasteiger partial charge in [0.2, 0.25) is 0 Å². The number of alkyl carbamates (subject to hydrolysis) is 1. The fourth-order valence-electron chi connectivity index (χ4n) is 3.15. The van der Waals surface area contributed by atoms with Crippen molar-refractivity contribution in [3.05, 3.63) is 41.1 Å². The molecular weight excluding hydrogens is 444 g/mol. The van der Waals surface area contributed by atoms with Crippen molar-refractivity contribution in [1.82, 2.24) is 10.2 Å². The van der Waals surface area contributed by atoms with Crippen molar-refractivity contribution >= 4 is 41.3 Å². The number of methoxy groups -OCH3 is 1. The van der Waals surface area contributed by atoms with E-state index in [1.54, 1.807) is 52.1 Å². The topological polar surface area (TPSA) is 94.2 Å². The van der Waals surface area contributed by atoms with Gasteiger partial charge < -0.3 is 19.5 Å². The van der Waals surface area contributed by atoms with Gasteiger partial charge in [0.25, 0.3) is 5.91 Å². The molecular formula is C21H25ClN2O6S. The lowest BCUT2D eigenvalue weighted by molar-refractivity contribution is -0.152. The summed E-state index contributed by atoms with van der Waals surface area (Å²) in [5.41, 5.74) is 0.868. The van der Waals surface area contributed by atoms with Crippen molar-refractivity contribution in [2.45, 2.75) is 44.4 Å². The zero-order valence-electron chi connectivity index (χ0n) is 17.8. The molecule has 2 atom stereocenters. The van der Waals surface area contributed by atoms with Crippen LogP contribution >= 0.6 is 23.4 Å². The Morgan fingerprint density at radius 1 is 1.26 bits per heavy atom. The van der Waals surface area contributed by atoms with Gasteiger partial charge in [-0.3, -0.25) is 9.69 Å². The normalized spacial score (nSPS) is 20.5. The molecule has 1 aromatic carbocycles. The standard InChI is InChI=1S/C21H25ClN2O6S/c1-21(2,3)30-20(27)23-15-17(25)24-16(13(9-22)11-31-18(15)24)19(26)29-10-12-5-7-14(28-4)8-6-12/h5-8,15,18H,9-11H2,1-4H3,(H,23,27). The van der Waals surface area contributed by atoms with Gasteiger partial charge in [0.05, 0.1) is 7.11 Å². The molecule has 0 radical (unpaired) electrons. The lowest BCUT2D eigenvalue weighted by Crippen LogP contribution is -2.70. The number of β-lactam (4-membered cyclic amide) rings is 1. The number of hydrogen-bond acceptors (Lipinski definition) is 7. The summed E-state index contributed by atoms with van der Waals surface area (Å²) in [5, 5.41) is 2.17. The van der Waals surface area contributed by atoms with E-state index in [4.69, 9.17) is 25.8 Å². The van der Waals surface area contributed by atoms with Gasteiger partial charge in [-0.15, -0.1) is 23.4 Å². The highest BCUT2D eigenvalue weighted by Crippen LogP contribution is 2.41. The first-order valence-corrected chi connectivity index (χ1v) is 11.2. The number of nitrogens with one attached hydrogen (secondary N) is 1. The van der Waals surface area contributed by atoms with Crippen molar-refractivity contribution in [2.75, 3.05) is 18.7 Å². The minimum atomic E-state index is -0.777. The first-order chi connectivity index (χ1) is 14.6. The van der Waals surface area contributed by atoms with E-state index in [1.165, 1.54) is 16.7 Å². The van der Waals surface area contributed by atoms with E-state index in [2.05, 4.69) is 5.32 Å². The molecule has 1 saturated heterocycles. The minimum Gasteiger partial charge on any atom is -0.497 e. The van der Waals surface area contributed by atoms with Crippen LogP contribution in [0.1, 0.15) is 26.3 Å². The third kappa shape index (κ3) is 5.27. The number of rotatable bonds is 6. The molecule has 0 saturated carbocycles. The van der Waals surface area contributed by atoms with E-state index in [9.17, 15) is 14.4 Å². The SMILES string of the molecule is COc1ccc(COC(=O)C2=C(CCl)CSC3C(NC(=O)OC(C)(C)C)C(=O)N23)cc1. The second kappa shape index (κ2) is 9.40. The summed E-state index contributed by atoms with van der Waals surface area (Å²) < 4.78 is 15.8. The van der Waals surface area contributed by atoms with E-state index >= 15 is 0 Å². The molecule has 0 aliphatic carbocycles. The van der Waals surface area contributed by atoms with E-state index in [1.807, 2.05) is 0 Å². The number of thioether (sulfide) groups is 1. The molecule has 2 aliphatic rings. The molecule has 2 aliphatic heterocycles. The average molecular weight is 469 g/mol. The fourth-order valence-corrected chi connectivity index (χ4v) is 4.83. The number of fused-ring (bicyclic) bond motifs is 1. The molecule has 1 N–H and O–H groups in total. The molecule has 10 heteroatoms. The molecule has 31 heavy (non-hydrogen) atoms. The monoisotopic (exact) mass is 468 g/mol. The summed E-state index contributed by atoms with van der Waals surface area (Å²) in [7, 11) is 1.57. The number of carbonyl (C=O) groups is 3. The Bertz CT molecular complexity index is 896. The second-order valence-corrected chi connectivity index (χ2v) is 9.42. The summed E-state index contributed by atoms with van der Waals surface area (Å²) in [6.07, 6.45) is -0.679. The zero-order chi connectivity index (χ0) is 22.8. The molecule has 1 fully saturated rings. The number of carbonyl (C=O) groups excluding carboxylic acids is 3. The molecule has 1 aromatic rings. The summed E-state index contributed by atoms with van der Waals surface area (Å²) in [6, 6.07) is 6.34. The fraction of sp³-hybridized carbons (Fsp3) is 0.476. The van der Waals surface area contributed by atoms with Crippen LogP contribution in [0.2, 0.25) is 0 Å². The Kier molecular flexibility index (Phi) is 7.06. The Labute approximate surface area is 190 Å². The molecule has 0 aromatic heterocycles. The van der Waals surface area contributed by atoms with Gasteiger partial charge in [-0.25, -0.2) is 9.59 Å². The van der Waals surface area contributed by atoms with Crippen molar-refractivity contribution in [1.29, 1.82) is 0 Å². The van der Waals surface area contributed by atoms with Gasteiger partial charge in [0.15, 0.2) is 0 Å². The first kappa shape index (κ1) is 23.3. The van der Waals surface area contributed by atoms with Crippen LogP contribution in [0, 0.1) is 0 Å². The zero-order valence-corrected chi connectivity index (χ0v) is 19.3. The van der Waals surface area contributed by atoms with Crippen molar-refractivity contribution in [3.8, 4) is 5.75 Å². The number of hydrogen-bond donors (Lipinski definition) is 1. The van der Waals surface area contributed by atoms with Crippen LogP contribution in [0.4, 0.5) is 4.79 Å². The van der Waals surface area contributed by atoms with E-state index in [0.717, 1.165) is 5.56 Å². The number of esters is 1. The minimum absolute atomic E-state index is 0.0430. The van der Waals surface area contributed by atoms with E-state index in [-0.39, 0.29) is 18.2 Å². The van der Waals surface area contributed by atoms with Crippen LogP contribution in [0.3, 0.4) is 0 Å². The number of benzene rings is 1. The highest BCUT2D eigenvalue weighted by atomic mass is 35.5. The third-order valence-electron chi connectivity index (χ3n) is 4.60. The molecule has 3 rings (SSSR count).